The van der Waals surface area contributed by atoms with E-state index in [1.165, 1.54) is 17.5 Å². The van der Waals surface area contributed by atoms with Crippen molar-refractivity contribution in [2.24, 2.45) is 0 Å². The quantitative estimate of drug-likeness (QED) is 0.784. The molecule has 0 radical (unpaired) electrons. The van der Waals surface area contributed by atoms with Gasteiger partial charge in [0.15, 0.2) is 0 Å². The lowest BCUT2D eigenvalue weighted by molar-refractivity contribution is 0.221. The normalized spacial score (nSPS) is 16.2. The molecule has 0 N–H and O–H groups in total. The lowest BCUT2D eigenvalue weighted by atomic mass is 10.00. The van der Waals surface area contributed by atoms with Crippen LogP contribution < -0.4 is 4.74 Å². The molecular formula is C16H25NO. The first-order valence-electron chi connectivity index (χ1n) is 7.26. The van der Waals surface area contributed by atoms with Crippen molar-refractivity contribution in [2.45, 2.75) is 46.1 Å². The van der Waals surface area contributed by atoms with Crippen LogP contribution in [0.4, 0.5) is 0 Å². The van der Waals surface area contributed by atoms with Crippen LogP contribution >= 0.6 is 0 Å². The highest BCUT2D eigenvalue weighted by Crippen LogP contribution is 2.30. The smallest absolute Gasteiger partial charge is 0.122 e. The maximum absolute atomic E-state index is 5.77. The van der Waals surface area contributed by atoms with Gasteiger partial charge in [0.05, 0.1) is 6.61 Å². The molecule has 1 aliphatic heterocycles. The summed E-state index contributed by atoms with van der Waals surface area (Å²) < 4.78 is 5.77. The van der Waals surface area contributed by atoms with E-state index in [0.29, 0.717) is 6.04 Å². The van der Waals surface area contributed by atoms with Crippen molar-refractivity contribution in [2.75, 3.05) is 19.7 Å². The number of hydrogen-bond donors (Lipinski definition) is 0. The summed E-state index contributed by atoms with van der Waals surface area (Å²) in [6, 6.07) is 7.25. The van der Waals surface area contributed by atoms with E-state index in [2.05, 4.69) is 43.9 Å². The van der Waals surface area contributed by atoms with Crippen LogP contribution in [0, 0.1) is 0 Å². The van der Waals surface area contributed by atoms with Crippen molar-refractivity contribution >= 4 is 0 Å². The zero-order valence-electron chi connectivity index (χ0n) is 11.9. The third-order valence-corrected chi connectivity index (χ3v) is 3.89. The monoisotopic (exact) mass is 247 g/mol. The number of ether oxygens (including phenoxy) is 1. The molecule has 1 aliphatic rings. The third kappa shape index (κ3) is 2.86. The van der Waals surface area contributed by atoms with Gasteiger partial charge in [0, 0.05) is 6.04 Å². The van der Waals surface area contributed by atoms with E-state index in [-0.39, 0.29) is 0 Å². The van der Waals surface area contributed by atoms with Gasteiger partial charge in [-0.05, 0) is 56.5 Å². The van der Waals surface area contributed by atoms with E-state index in [1.54, 1.807) is 0 Å². The molecule has 0 bridgehead atoms. The molecule has 100 valence electrons. The van der Waals surface area contributed by atoms with Crippen LogP contribution in [-0.2, 0) is 6.42 Å². The van der Waals surface area contributed by atoms with Gasteiger partial charge >= 0.3 is 0 Å². The zero-order chi connectivity index (χ0) is 13.0. The van der Waals surface area contributed by atoms with E-state index in [4.69, 9.17) is 4.74 Å². The lowest BCUT2D eigenvalue weighted by Crippen LogP contribution is -2.27. The second kappa shape index (κ2) is 6.24. The second-order valence-electron chi connectivity index (χ2n) is 5.12. The lowest BCUT2D eigenvalue weighted by Gasteiger charge is -2.29. The van der Waals surface area contributed by atoms with Crippen molar-refractivity contribution in [3.8, 4) is 5.75 Å². The molecule has 0 aromatic heterocycles. The molecule has 18 heavy (non-hydrogen) atoms. The minimum absolute atomic E-state index is 0.478. The van der Waals surface area contributed by atoms with Crippen molar-refractivity contribution in [1.82, 2.24) is 4.90 Å². The van der Waals surface area contributed by atoms with Crippen molar-refractivity contribution in [1.29, 1.82) is 0 Å². The summed E-state index contributed by atoms with van der Waals surface area (Å²) in [5.74, 6) is 1.11. The summed E-state index contributed by atoms with van der Waals surface area (Å²) in [7, 11) is 0. The number of benzene rings is 1. The topological polar surface area (TPSA) is 12.5 Å². The molecule has 2 nitrogen and oxygen atoms in total. The van der Waals surface area contributed by atoms with Gasteiger partial charge in [-0.3, -0.25) is 4.90 Å². The summed E-state index contributed by atoms with van der Waals surface area (Å²) in [4.78, 5) is 2.52. The Morgan fingerprint density at radius 2 is 2.17 bits per heavy atom. The predicted octanol–water partition coefficient (Wildman–Crippen LogP) is 3.80. The summed E-state index contributed by atoms with van der Waals surface area (Å²) in [6.07, 6.45) is 3.52. The molecule has 0 aliphatic carbocycles. The fourth-order valence-electron chi connectivity index (χ4n) is 2.74. The van der Waals surface area contributed by atoms with Crippen LogP contribution in [0.3, 0.4) is 0 Å². The number of rotatable bonds is 5. The Morgan fingerprint density at radius 3 is 2.89 bits per heavy atom. The first-order valence-corrected chi connectivity index (χ1v) is 7.26. The first-order chi connectivity index (χ1) is 8.76. The highest BCUT2D eigenvalue weighted by molar-refractivity contribution is 5.39. The molecule has 1 aromatic rings. The number of fused-ring (bicyclic) bond motifs is 1. The minimum Gasteiger partial charge on any atom is -0.493 e. The minimum atomic E-state index is 0.478. The second-order valence-corrected chi connectivity index (χ2v) is 5.12. The van der Waals surface area contributed by atoms with E-state index in [9.17, 15) is 0 Å². The Morgan fingerprint density at radius 1 is 1.33 bits per heavy atom. The Kier molecular flexibility index (Phi) is 4.65. The van der Waals surface area contributed by atoms with E-state index >= 15 is 0 Å². The molecule has 1 unspecified atom stereocenters. The molecular weight excluding hydrogens is 222 g/mol. The van der Waals surface area contributed by atoms with Crippen molar-refractivity contribution < 1.29 is 4.74 Å². The van der Waals surface area contributed by atoms with Gasteiger partial charge in [-0.1, -0.05) is 26.0 Å². The summed E-state index contributed by atoms with van der Waals surface area (Å²) in [5.41, 5.74) is 2.75. The van der Waals surface area contributed by atoms with E-state index in [0.717, 1.165) is 38.3 Å². The molecule has 1 aromatic carbocycles. The van der Waals surface area contributed by atoms with Gasteiger partial charge < -0.3 is 4.74 Å². The maximum atomic E-state index is 5.77. The van der Waals surface area contributed by atoms with Crippen LogP contribution in [0.25, 0.3) is 0 Å². The largest absolute Gasteiger partial charge is 0.493 e. The van der Waals surface area contributed by atoms with E-state index < -0.39 is 0 Å². The summed E-state index contributed by atoms with van der Waals surface area (Å²) in [6.45, 7) is 9.91. The molecule has 0 saturated carbocycles. The molecule has 2 heteroatoms. The van der Waals surface area contributed by atoms with Crippen LogP contribution in [0.5, 0.6) is 5.75 Å². The summed E-state index contributed by atoms with van der Waals surface area (Å²) in [5, 5.41) is 0. The number of hydrogen-bond acceptors (Lipinski definition) is 2. The van der Waals surface area contributed by atoms with Gasteiger partial charge in [-0.2, -0.15) is 0 Å². The third-order valence-electron chi connectivity index (χ3n) is 3.89. The molecule has 0 fully saturated rings. The Labute approximate surface area is 111 Å². The van der Waals surface area contributed by atoms with Crippen molar-refractivity contribution in [3.63, 3.8) is 0 Å². The van der Waals surface area contributed by atoms with Gasteiger partial charge in [-0.15, -0.1) is 0 Å². The predicted molar refractivity (Wildman–Crippen MR) is 76.2 cm³/mol. The molecule has 0 amide bonds. The van der Waals surface area contributed by atoms with Gasteiger partial charge in [0.2, 0.25) is 0 Å². The molecule has 1 atom stereocenters. The van der Waals surface area contributed by atoms with Gasteiger partial charge in [-0.25, -0.2) is 0 Å². The molecule has 0 spiro atoms. The maximum Gasteiger partial charge on any atom is 0.122 e. The fraction of sp³-hybridized carbons (Fsp3) is 0.625. The Hall–Kier alpha value is -1.02. The average Bonchev–Trinajstić information content (AvgIpc) is 2.43. The number of nitrogens with zero attached hydrogens (tertiary/aromatic N) is 1. The first kappa shape index (κ1) is 13.4. The fourth-order valence-corrected chi connectivity index (χ4v) is 2.74. The molecule has 1 heterocycles. The van der Waals surface area contributed by atoms with E-state index in [1.807, 2.05) is 0 Å². The van der Waals surface area contributed by atoms with Gasteiger partial charge in [0.1, 0.15) is 5.75 Å². The van der Waals surface area contributed by atoms with Crippen LogP contribution in [0.2, 0.25) is 0 Å². The number of aryl methyl sites for hydroxylation is 1. The Bertz CT molecular complexity index is 389. The Balaban J connectivity index is 2.17. The van der Waals surface area contributed by atoms with Crippen LogP contribution in [0.15, 0.2) is 18.2 Å². The van der Waals surface area contributed by atoms with Crippen molar-refractivity contribution in [3.05, 3.63) is 29.3 Å². The zero-order valence-corrected chi connectivity index (χ0v) is 11.9. The molecule has 2 rings (SSSR count). The molecule has 0 saturated heterocycles. The standard InChI is InChI=1S/C16H25NO/c1-4-10-17(5-2)13(3)15-9-8-14-7-6-11-18-16(14)12-15/h8-9,12-13H,4-7,10-11H2,1-3H3. The summed E-state index contributed by atoms with van der Waals surface area (Å²) >= 11 is 0. The van der Waals surface area contributed by atoms with Crippen LogP contribution in [0.1, 0.15) is 50.8 Å². The average molecular weight is 247 g/mol. The van der Waals surface area contributed by atoms with Gasteiger partial charge in [0.25, 0.3) is 0 Å². The van der Waals surface area contributed by atoms with Crippen LogP contribution in [-0.4, -0.2) is 24.6 Å². The highest BCUT2D eigenvalue weighted by Gasteiger charge is 2.16. The SMILES string of the molecule is CCCN(CC)C(C)c1ccc2c(c1)OCCC2. The highest BCUT2D eigenvalue weighted by atomic mass is 16.5.